The molecule has 6 N–H and O–H groups in total. The minimum absolute atomic E-state index is 0.0106. The number of rotatable bonds is 18. The highest BCUT2D eigenvalue weighted by Crippen LogP contribution is 2.42. The van der Waals surface area contributed by atoms with Gasteiger partial charge in [-0.2, -0.15) is 0 Å². The number of hydrogen-bond donors (Lipinski definition) is 6. The number of H-pyrrole nitrogens is 3. The van der Waals surface area contributed by atoms with Gasteiger partial charge in [0.1, 0.15) is 0 Å². The summed E-state index contributed by atoms with van der Waals surface area (Å²) in [6.07, 6.45) is 11.0. The minimum Gasteiger partial charge on any atom is -0.353 e. The summed E-state index contributed by atoms with van der Waals surface area (Å²) in [6.45, 7) is 3.02. The third kappa shape index (κ3) is 14.6. The van der Waals surface area contributed by atoms with Gasteiger partial charge >= 0.3 is 0 Å². The van der Waals surface area contributed by atoms with E-state index in [-0.39, 0.29) is 81.4 Å². The van der Waals surface area contributed by atoms with Gasteiger partial charge in [0.2, 0.25) is 17.7 Å². The zero-order valence-electron chi connectivity index (χ0n) is 45.9. The molecule has 0 spiro atoms. The highest BCUT2D eigenvalue weighted by Gasteiger charge is 2.33. The zero-order valence-corrected chi connectivity index (χ0v) is 45.9. The molecule has 3 amide bonds. The van der Waals surface area contributed by atoms with Gasteiger partial charge in [-0.1, -0.05) is 97.9 Å². The third-order valence-corrected chi connectivity index (χ3v) is 17.1. The van der Waals surface area contributed by atoms with E-state index in [0.717, 1.165) is 122 Å². The number of nitrogens with one attached hydrogen (secondary N) is 6. The second-order valence-electron chi connectivity index (χ2n) is 23.3. The fraction of sp³-hybridized carbons (Fsp3) is 0.446. The first-order valence-corrected chi connectivity index (χ1v) is 29.0. The largest absolute Gasteiger partial charge is 0.353 e. The van der Waals surface area contributed by atoms with Crippen molar-refractivity contribution in [2.75, 3.05) is 0 Å². The van der Waals surface area contributed by atoms with Crippen LogP contribution in [0.4, 0.5) is 17.6 Å². The van der Waals surface area contributed by atoms with Crippen LogP contribution >= 0.6 is 0 Å². The monoisotopic (exact) mass is 1110 g/mol. The molecule has 3 aromatic heterocycles. The lowest BCUT2D eigenvalue weighted by molar-refractivity contribution is -0.120. The van der Waals surface area contributed by atoms with E-state index in [1.807, 2.05) is 30.3 Å². The number of aromatic amines is 3. The molecular formula is C65H72F4N6O6. The molecule has 6 aromatic rings. The molecule has 0 radical (unpaired) electrons. The lowest BCUT2D eigenvalue weighted by atomic mass is 9.87. The number of hydrogen-bond acceptors (Lipinski definition) is 6. The van der Waals surface area contributed by atoms with Gasteiger partial charge in [-0.15, -0.1) is 0 Å². The molecule has 3 aliphatic heterocycles. The number of amides is 3. The van der Waals surface area contributed by atoms with Crippen LogP contribution in [0, 0.1) is 0 Å². The van der Waals surface area contributed by atoms with Crippen molar-refractivity contribution >= 4 is 17.7 Å². The normalized spacial score (nSPS) is 20.8. The Bertz CT molecular complexity index is 3380. The van der Waals surface area contributed by atoms with Gasteiger partial charge in [0.25, 0.3) is 29.0 Å². The summed E-state index contributed by atoms with van der Waals surface area (Å²) in [5.41, 5.74) is 9.07. The standard InChI is InChI=1S/C22H24F2N2O2.C22H26N2O2.C21H22F2N2O2/c1-22(23,24)15-6-4-14(5-7-15)18(12-16-8-11-20(27)25-16)19-10-9-17(13-2-3-13)21(28)26-19;1-2-14-3-5-16(6-4-14)19(13-17-9-12-21(25)23-17)20-11-10-18(15-7-8-15)22(26)24-20;22-20(23)14-5-3-13(4-6-14)17(11-15-7-10-19(26)24-15)18-9-8-16(12-1-2-12)21(27)25-18/h4-7,9-10,13,16,18H,2-3,8,11-12H2,1H3,(H,25,27)(H,26,28);3-6,10-11,15,17,19H,2,7-9,12-13H2,1H3,(H,23,25)(H,24,26);3-6,8-9,12,15,17,20H,1-2,7,10-11H2,(H,24,26)(H,25,27)/t16-,18-;17-,19-;15-,17-/m111/s1. The molecule has 426 valence electrons. The Morgan fingerprint density at radius 3 is 1.00 bits per heavy atom. The van der Waals surface area contributed by atoms with Crippen molar-refractivity contribution in [2.24, 2.45) is 0 Å². The van der Waals surface area contributed by atoms with Crippen molar-refractivity contribution in [1.82, 2.24) is 30.9 Å². The lowest BCUT2D eigenvalue weighted by Crippen LogP contribution is -2.28. The number of carbonyl (C=O) groups excluding carboxylic acids is 3. The van der Waals surface area contributed by atoms with Crippen LogP contribution in [0.25, 0.3) is 0 Å². The van der Waals surface area contributed by atoms with Crippen LogP contribution in [0.2, 0.25) is 0 Å². The fourth-order valence-electron chi connectivity index (χ4n) is 11.9. The van der Waals surface area contributed by atoms with E-state index in [9.17, 15) is 46.3 Å². The van der Waals surface area contributed by atoms with E-state index in [4.69, 9.17) is 0 Å². The van der Waals surface area contributed by atoms with Crippen LogP contribution in [0.5, 0.6) is 0 Å². The first kappa shape index (κ1) is 56.9. The predicted molar refractivity (Wildman–Crippen MR) is 303 cm³/mol. The SMILES string of the molecule is CC(F)(F)c1ccc([C@@H](C[C@H]2CCC(=O)N2)c2ccc(C3CC3)c(=O)[nH]2)cc1.CCc1ccc([C@@H](C[C@H]2CCC(=O)N2)c2ccc(C3CC3)c(=O)[nH]2)cc1.O=C1CC[C@H](C[C@H](c2ccc(C(F)F)cc2)c2ccc(C3CC3)c(=O)[nH]2)N1. The Balaban J connectivity index is 0.000000136. The summed E-state index contributed by atoms with van der Waals surface area (Å²) >= 11 is 0. The van der Waals surface area contributed by atoms with E-state index >= 15 is 0 Å². The summed E-state index contributed by atoms with van der Waals surface area (Å²) in [6, 6.07) is 33.1. The maximum absolute atomic E-state index is 13.6. The Labute approximate surface area is 468 Å². The van der Waals surface area contributed by atoms with Crippen LogP contribution in [0.1, 0.15) is 219 Å². The van der Waals surface area contributed by atoms with Crippen LogP contribution in [0.3, 0.4) is 0 Å². The summed E-state index contributed by atoms with van der Waals surface area (Å²) in [7, 11) is 0. The van der Waals surface area contributed by atoms with E-state index in [1.165, 1.54) is 35.4 Å². The number of alkyl halides is 4. The average Bonchev–Trinajstić information content (AvgIpc) is 4.52. The molecule has 6 aliphatic rings. The number of aryl methyl sites for hydroxylation is 1. The molecule has 12 rings (SSSR count). The van der Waals surface area contributed by atoms with Crippen molar-refractivity contribution in [3.8, 4) is 0 Å². The van der Waals surface area contributed by atoms with E-state index in [0.29, 0.717) is 49.9 Å². The molecule has 12 nitrogen and oxygen atoms in total. The van der Waals surface area contributed by atoms with E-state index < -0.39 is 12.3 Å². The number of pyridine rings is 3. The summed E-state index contributed by atoms with van der Waals surface area (Å²) in [4.78, 5) is 81.4. The first-order chi connectivity index (χ1) is 39.0. The summed E-state index contributed by atoms with van der Waals surface area (Å²) in [5.74, 6) is -1.79. The van der Waals surface area contributed by atoms with E-state index in [2.05, 4.69) is 68.2 Å². The summed E-state index contributed by atoms with van der Waals surface area (Å²) in [5, 5.41) is 8.99. The van der Waals surface area contributed by atoms with Crippen molar-refractivity contribution < 1.29 is 31.9 Å². The molecule has 6 heterocycles. The zero-order chi connectivity index (χ0) is 57.0. The Morgan fingerprint density at radius 1 is 0.432 bits per heavy atom. The number of halogens is 4. The molecule has 3 saturated carbocycles. The van der Waals surface area contributed by atoms with E-state index in [1.54, 1.807) is 24.3 Å². The van der Waals surface area contributed by atoms with Crippen molar-refractivity contribution in [3.63, 3.8) is 0 Å². The van der Waals surface area contributed by atoms with Gasteiger partial charge in [0, 0.05) is 107 Å². The van der Waals surface area contributed by atoms with Gasteiger partial charge in [-0.3, -0.25) is 28.8 Å². The highest BCUT2D eigenvalue weighted by molar-refractivity contribution is 5.79. The lowest BCUT2D eigenvalue weighted by Gasteiger charge is -2.22. The topological polar surface area (TPSA) is 186 Å². The van der Waals surface area contributed by atoms with Crippen LogP contribution in [-0.2, 0) is 26.7 Å². The van der Waals surface area contributed by atoms with Crippen LogP contribution in [0.15, 0.2) is 124 Å². The molecule has 3 saturated heterocycles. The predicted octanol–water partition coefficient (Wildman–Crippen LogP) is 11.8. The van der Waals surface area contributed by atoms with Gasteiger partial charge in [0.05, 0.1) is 0 Å². The van der Waals surface area contributed by atoms with Crippen LogP contribution in [-0.4, -0.2) is 50.8 Å². The van der Waals surface area contributed by atoms with Crippen molar-refractivity contribution in [1.29, 1.82) is 0 Å². The smallest absolute Gasteiger partial charge is 0.270 e. The molecule has 6 fully saturated rings. The maximum atomic E-state index is 13.6. The highest BCUT2D eigenvalue weighted by atomic mass is 19.3. The molecule has 0 unspecified atom stereocenters. The van der Waals surface area contributed by atoms with Gasteiger partial charge < -0.3 is 30.9 Å². The summed E-state index contributed by atoms with van der Waals surface area (Å²) < 4.78 is 52.9. The van der Waals surface area contributed by atoms with Crippen LogP contribution < -0.4 is 32.6 Å². The molecule has 3 aliphatic carbocycles. The van der Waals surface area contributed by atoms with Gasteiger partial charge in [0.15, 0.2) is 0 Å². The number of aromatic nitrogens is 3. The second-order valence-corrected chi connectivity index (χ2v) is 23.3. The van der Waals surface area contributed by atoms with Gasteiger partial charge in [-0.25, -0.2) is 17.6 Å². The van der Waals surface area contributed by atoms with Crippen molar-refractivity contribution in [3.05, 3.63) is 207 Å². The number of benzene rings is 3. The third-order valence-electron chi connectivity index (χ3n) is 17.1. The molecule has 0 bridgehead atoms. The molecular weight excluding hydrogens is 1040 g/mol. The Morgan fingerprint density at radius 2 is 0.741 bits per heavy atom. The second kappa shape index (κ2) is 24.8. The molecule has 6 atom stereocenters. The average molecular weight is 1110 g/mol. The Kier molecular flexibility index (Phi) is 17.4. The fourth-order valence-corrected chi connectivity index (χ4v) is 11.9. The quantitative estimate of drug-likeness (QED) is 0.0465. The maximum Gasteiger partial charge on any atom is 0.270 e. The minimum atomic E-state index is -2.90. The Hall–Kier alpha value is -7.36. The molecule has 3 aromatic carbocycles. The molecule has 16 heteroatoms. The van der Waals surface area contributed by atoms with Crippen molar-refractivity contribution in [2.45, 2.75) is 183 Å². The molecule has 81 heavy (non-hydrogen) atoms. The van der Waals surface area contributed by atoms with Gasteiger partial charge in [-0.05, 0) is 142 Å². The number of carbonyl (C=O) groups is 3. The first-order valence-electron chi connectivity index (χ1n) is 29.0.